The number of β-amino-alcohol motifs (C(OH)–C–C–N with tert-alkyl or cyclic N) is 1. The van der Waals surface area contributed by atoms with Gasteiger partial charge in [0.1, 0.15) is 17.7 Å². The van der Waals surface area contributed by atoms with E-state index < -0.39 is 41.8 Å². The van der Waals surface area contributed by atoms with Gasteiger partial charge in [0, 0.05) is 13.0 Å². The number of aliphatic hydroxyl groups excluding tert-OH is 1. The summed E-state index contributed by atoms with van der Waals surface area (Å²) in [6.07, 6.45) is -1.39. The number of methoxy groups -OCH3 is 1. The van der Waals surface area contributed by atoms with Gasteiger partial charge in [-0.3, -0.25) is 4.79 Å². The highest BCUT2D eigenvalue weighted by atomic mass is 16.6. The second kappa shape index (κ2) is 6.95. The van der Waals surface area contributed by atoms with E-state index in [4.69, 9.17) is 4.74 Å². The number of hydrogen-bond donors (Lipinski definition) is 2. The van der Waals surface area contributed by atoms with Crippen LogP contribution in [-0.2, 0) is 19.1 Å². The van der Waals surface area contributed by atoms with E-state index in [1.165, 1.54) is 18.9 Å². The van der Waals surface area contributed by atoms with Crippen molar-refractivity contribution in [3.8, 4) is 0 Å². The molecule has 0 saturated carbocycles. The fourth-order valence-electron chi connectivity index (χ4n) is 2.21. The van der Waals surface area contributed by atoms with E-state index in [0.717, 1.165) is 0 Å². The molecule has 2 N–H and O–H groups in total. The Balaban J connectivity index is 2.69. The van der Waals surface area contributed by atoms with E-state index in [1.807, 2.05) is 0 Å². The standard InChI is InChI=1S/C14H24N2O6/c1-8(15-13(20)22-14(2,3)4)11(18)16-7-9(17)6-10(16)12(19)21-5/h8-10,17H,6-7H2,1-5H3,(H,15,20)/t8-,9-,10+/m1/s1. The number of nitrogens with zero attached hydrogens (tertiary/aromatic N) is 1. The molecule has 0 aliphatic carbocycles. The van der Waals surface area contributed by atoms with Crippen molar-refractivity contribution in [1.82, 2.24) is 10.2 Å². The zero-order valence-corrected chi connectivity index (χ0v) is 13.6. The Kier molecular flexibility index (Phi) is 5.76. The zero-order chi connectivity index (χ0) is 17.1. The van der Waals surface area contributed by atoms with Crippen molar-refractivity contribution >= 4 is 18.0 Å². The average molecular weight is 316 g/mol. The lowest BCUT2D eigenvalue weighted by Gasteiger charge is -2.27. The predicted octanol–water partition coefficient (Wildman–Crippen LogP) is 0.0344. The Labute approximate surface area is 129 Å². The number of nitrogens with one attached hydrogen (secondary N) is 1. The molecule has 1 aliphatic heterocycles. The van der Waals surface area contributed by atoms with Crippen LogP contribution >= 0.6 is 0 Å². The molecule has 2 amide bonds. The van der Waals surface area contributed by atoms with Crippen LogP contribution in [0.15, 0.2) is 0 Å². The number of rotatable bonds is 3. The molecule has 1 saturated heterocycles. The lowest BCUT2D eigenvalue weighted by molar-refractivity contribution is -0.151. The molecule has 0 bridgehead atoms. The highest BCUT2D eigenvalue weighted by Gasteiger charge is 2.41. The first-order valence-electron chi connectivity index (χ1n) is 7.11. The van der Waals surface area contributed by atoms with Crippen LogP contribution in [0.3, 0.4) is 0 Å². The number of carbonyl (C=O) groups is 3. The van der Waals surface area contributed by atoms with E-state index in [9.17, 15) is 19.5 Å². The van der Waals surface area contributed by atoms with Crippen molar-refractivity contribution in [2.75, 3.05) is 13.7 Å². The van der Waals surface area contributed by atoms with Gasteiger partial charge < -0.3 is 24.8 Å². The van der Waals surface area contributed by atoms with Gasteiger partial charge in [-0.05, 0) is 27.7 Å². The van der Waals surface area contributed by atoms with Crippen molar-refractivity contribution in [1.29, 1.82) is 0 Å². The third-order valence-electron chi connectivity index (χ3n) is 3.14. The molecule has 1 aliphatic rings. The Morgan fingerprint density at radius 3 is 2.41 bits per heavy atom. The molecule has 1 fully saturated rings. The van der Waals surface area contributed by atoms with Gasteiger partial charge in [-0.15, -0.1) is 0 Å². The minimum atomic E-state index is -0.882. The van der Waals surface area contributed by atoms with Crippen molar-refractivity contribution in [3.63, 3.8) is 0 Å². The normalized spacial score (nSPS) is 22.9. The van der Waals surface area contributed by atoms with Gasteiger partial charge in [-0.25, -0.2) is 9.59 Å². The van der Waals surface area contributed by atoms with Crippen LogP contribution in [0.25, 0.3) is 0 Å². The molecule has 1 heterocycles. The van der Waals surface area contributed by atoms with Crippen LogP contribution in [0.5, 0.6) is 0 Å². The molecule has 0 aromatic rings. The number of carbonyl (C=O) groups excluding carboxylic acids is 3. The molecular weight excluding hydrogens is 292 g/mol. The van der Waals surface area contributed by atoms with Crippen molar-refractivity contribution in [3.05, 3.63) is 0 Å². The van der Waals surface area contributed by atoms with E-state index in [2.05, 4.69) is 10.1 Å². The van der Waals surface area contributed by atoms with Crippen LogP contribution in [0.1, 0.15) is 34.1 Å². The van der Waals surface area contributed by atoms with Crippen LogP contribution < -0.4 is 5.32 Å². The summed E-state index contributed by atoms with van der Waals surface area (Å²) in [6.45, 7) is 6.65. The summed E-state index contributed by atoms with van der Waals surface area (Å²) in [5.74, 6) is -1.06. The van der Waals surface area contributed by atoms with Gasteiger partial charge >= 0.3 is 12.1 Å². The molecule has 3 atom stereocenters. The molecule has 0 unspecified atom stereocenters. The molecule has 1 rings (SSSR count). The minimum Gasteiger partial charge on any atom is -0.467 e. The van der Waals surface area contributed by atoms with Crippen LogP contribution in [0.2, 0.25) is 0 Å². The van der Waals surface area contributed by atoms with E-state index >= 15 is 0 Å². The van der Waals surface area contributed by atoms with Crippen molar-refractivity contribution in [2.24, 2.45) is 0 Å². The highest BCUT2D eigenvalue weighted by molar-refractivity contribution is 5.90. The number of alkyl carbamates (subject to hydrolysis) is 1. The third kappa shape index (κ3) is 4.87. The summed E-state index contributed by atoms with van der Waals surface area (Å²) in [5, 5.41) is 12.1. The van der Waals surface area contributed by atoms with Gasteiger partial charge in [0.2, 0.25) is 5.91 Å². The van der Waals surface area contributed by atoms with E-state index in [0.29, 0.717) is 0 Å². The second-order valence-corrected chi connectivity index (χ2v) is 6.29. The van der Waals surface area contributed by atoms with Crippen molar-refractivity contribution in [2.45, 2.75) is 57.9 Å². The Morgan fingerprint density at radius 2 is 1.91 bits per heavy atom. The summed E-state index contributed by atoms with van der Waals surface area (Å²) < 4.78 is 9.71. The first-order chi connectivity index (χ1) is 10.0. The Morgan fingerprint density at radius 1 is 1.32 bits per heavy atom. The molecule has 8 heteroatoms. The number of likely N-dealkylation sites (tertiary alicyclic amines) is 1. The lowest BCUT2D eigenvalue weighted by atomic mass is 10.2. The molecule has 0 aromatic carbocycles. The summed E-state index contributed by atoms with van der Waals surface area (Å²) in [7, 11) is 1.22. The summed E-state index contributed by atoms with van der Waals surface area (Å²) in [4.78, 5) is 36.9. The van der Waals surface area contributed by atoms with E-state index in [1.54, 1.807) is 20.8 Å². The van der Waals surface area contributed by atoms with Gasteiger partial charge in [0.25, 0.3) is 0 Å². The molecule has 8 nitrogen and oxygen atoms in total. The quantitative estimate of drug-likeness (QED) is 0.712. The first-order valence-corrected chi connectivity index (χ1v) is 7.11. The summed E-state index contributed by atoms with van der Waals surface area (Å²) in [5.41, 5.74) is -0.675. The summed E-state index contributed by atoms with van der Waals surface area (Å²) >= 11 is 0. The van der Waals surface area contributed by atoms with Crippen LogP contribution in [0.4, 0.5) is 4.79 Å². The van der Waals surface area contributed by atoms with Gasteiger partial charge in [0.15, 0.2) is 0 Å². The zero-order valence-electron chi connectivity index (χ0n) is 13.6. The molecular formula is C14H24N2O6. The average Bonchev–Trinajstić information content (AvgIpc) is 2.76. The number of hydrogen-bond acceptors (Lipinski definition) is 6. The second-order valence-electron chi connectivity index (χ2n) is 6.29. The Hall–Kier alpha value is -1.83. The van der Waals surface area contributed by atoms with Gasteiger partial charge in [-0.2, -0.15) is 0 Å². The fraction of sp³-hybridized carbons (Fsp3) is 0.786. The largest absolute Gasteiger partial charge is 0.467 e. The molecule has 126 valence electrons. The van der Waals surface area contributed by atoms with Gasteiger partial charge in [0.05, 0.1) is 13.2 Å². The number of esters is 1. The topological polar surface area (TPSA) is 105 Å². The number of amides is 2. The molecule has 0 aromatic heterocycles. The van der Waals surface area contributed by atoms with E-state index in [-0.39, 0.29) is 13.0 Å². The molecule has 0 spiro atoms. The molecule has 0 radical (unpaired) electrons. The maximum Gasteiger partial charge on any atom is 0.408 e. The first kappa shape index (κ1) is 18.2. The smallest absolute Gasteiger partial charge is 0.408 e. The molecule has 22 heavy (non-hydrogen) atoms. The van der Waals surface area contributed by atoms with Crippen molar-refractivity contribution < 1.29 is 29.0 Å². The highest BCUT2D eigenvalue weighted by Crippen LogP contribution is 2.20. The summed E-state index contributed by atoms with van der Waals surface area (Å²) in [6, 6.07) is -1.72. The predicted molar refractivity (Wildman–Crippen MR) is 77.0 cm³/mol. The number of aliphatic hydroxyl groups is 1. The van der Waals surface area contributed by atoms with Crippen LogP contribution in [0, 0.1) is 0 Å². The third-order valence-corrected chi connectivity index (χ3v) is 3.14. The maximum atomic E-state index is 12.4. The minimum absolute atomic E-state index is 0.0267. The van der Waals surface area contributed by atoms with Gasteiger partial charge in [-0.1, -0.05) is 0 Å². The number of ether oxygens (including phenoxy) is 2. The monoisotopic (exact) mass is 316 g/mol. The Bertz CT molecular complexity index is 445. The van der Waals surface area contributed by atoms with Crippen LogP contribution in [-0.4, -0.2) is 65.4 Å². The SMILES string of the molecule is COC(=O)[C@@H]1C[C@@H](O)CN1C(=O)[C@@H](C)NC(=O)OC(C)(C)C. The maximum absolute atomic E-state index is 12.4. The lowest BCUT2D eigenvalue weighted by Crippen LogP contribution is -2.51. The fourth-order valence-corrected chi connectivity index (χ4v) is 2.21.